The molecule has 110 valence electrons. The Balaban J connectivity index is 0.00000242. The number of carbonyl (C=O) groups excluding carboxylic acids is 2. The fourth-order valence-electron chi connectivity index (χ4n) is 1.57. The third-order valence-corrected chi connectivity index (χ3v) is 2.59. The number of carbonyl (C=O) groups is 2. The van der Waals surface area contributed by atoms with Crippen LogP contribution in [-0.2, 0) is 4.74 Å². The van der Waals surface area contributed by atoms with E-state index in [9.17, 15) is 30.0 Å². The minimum absolute atomic E-state index is 0. The summed E-state index contributed by atoms with van der Waals surface area (Å²) in [6.45, 7) is 0. The van der Waals surface area contributed by atoms with Crippen LogP contribution in [0, 0.1) is 0 Å². The molecule has 0 fully saturated rings. The molecule has 0 saturated carbocycles. The van der Waals surface area contributed by atoms with Crippen LogP contribution >= 0.6 is 0 Å². The molecular weight excluding hydrogens is 319 g/mol. The summed E-state index contributed by atoms with van der Waals surface area (Å²) in [6, 6.07) is 6.26. The second-order valence-corrected chi connectivity index (χ2v) is 4.08. The number of aromatic hydroxyl groups is 4. The number of rotatable bonds is 2. The summed E-state index contributed by atoms with van der Waals surface area (Å²) in [5, 5.41) is 37.4. The predicted octanol–water partition coefficient (Wildman–Crippen LogP) is 0.858. The predicted molar refractivity (Wildman–Crippen MR) is 76.4 cm³/mol. The van der Waals surface area contributed by atoms with Crippen molar-refractivity contribution in [2.45, 2.75) is 0 Å². The van der Waals surface area contributed by atoms with E-state index < -0.39 is 34.6 Å². The van der Waals surface area contributed by atoms with Gasteiger partial charge < -0.3 is 25.2 Å². The third-order valence-electron chi connectivity index (χ3n) is 2.59. The molecule has 8 heteroatoms. The Bertz CT molecular complexity index is 666. The molecule has 0 atom stereocenters. The van der Waals surface area contributed by atoms with E-state index in [0.29, 0.717) is 0 Å². The summed E-state index contributed by atoms with van der Waals surface area (Å²) in [5.41, 5.74) is -0.828. The zero-order valence-electron chi connectivity index (χ0n) is 10.5. The molecule has 0 amide bonds. The van der Waals surface area contributed by atoms with Gasteiger partial charge in [0.1, 0.15) is 34.1 Å². The molecule has 0 aliphatic carbocycles. The van der Waals surface area contributed by atoms with E-state index in [1.807, 2.05) is 0 Å². The van der Waals surface area contributed by atoms with Gasteiger partial charge in [0.05, 0.1) is 0 Å². The average Bonchev–Trinajstić information content (AvgIpc) is 2.43. The summed E-state index contributed by atoms with van der Waals surface area (Å²) in [4.78, 5) is 23.5. The minimum atomic E-state index is -1.21. The Kier molecular flexibility index (Phi) is 6.39. The number of hydrogen-bond acceptors (Lipinski definition) is 7. The molecule has 2 aromatic carbocycles. The van der Waals surface area contributed by atoms with Crippen molar-refractivity contribution in [1.82, 2.24) is 0 Å². The number of ether oxygens (including phenoxy) is 1. The molecule has 4 N–H and O–H groups in total. The van der Waals surface area contributed by atoms with Crippen LogP contribution < -0.4 is 0 Å². The van der Waals surface area contributed by atoms with Crippen molar-refractivity contribution in [2.24, 2.45) is 0 Å². The third kappa shape index (κ3) is 4.21. The number of phenolic OH excluding ortho intramolecular Hbond substituents is 4. The molecule has 0 bridgehead atoms. The van der Waals surface area contributed by atoms with Crippen LogP contribution in [0.3, 0.4) is 0 Å². The van der Waals surface area contributed by atoms with Crippen LogP contribution in [0.5, 0.6) is 23.0 Å². The van der Waals surface area contributed by atoms with Gasteiger partial charge in [-0.25, -0.2) is 9.59 Å². The van der Waals surface area contributed by atoms with Gasteiger partial charge in [-0.05, 0) is 36.4 Å². The van der Waals surface area contributed by atoms with E-state index in [-0.39, 0.29) is 62.9 Å². The zero-order chi connectivity index (χ0) is 15.6. The van der Waals surface area contributed by atoms with Crippen molar-refractivity contribution >= 4 is 63.3 Å². The van der Waals surface area contributed by atoms with Crippen LogP contribution in [0.2, 0.25) is 0 Å². The van der Waals surface area contributed by atoms with Crippen LogP contribution in [0.25, 0.3) is 0 Å². The standard InChI is InChI=1S/C14H10O7.K.H/c15-7-1-3-11(17)9(5-7)13(19)21-14(20)10-6-8(16)2-4-12(10)18;;/h1-6,15-18H;;. The van der Waals surface area contributed by atoms with Gasteiger partial charge in [0.15, 0.2) is 0 Å². The van der Waals surface area contributed by atoms with E-state index in [2.05, 4.69) is 4.74 Å². The fraction of sp³-hybridized carbons (Fsp3) is 0. The Morgan fingerprint density at radius 3 is 1.45 bits per heavy atom. The van der Waals surface area contributed by atoms with E-state index in [1.54, 1.807) is 0 Å². The molecule has 0 aromatic heterocycles. The van der Waals surface area contributed by atoms with Crippen molar-refractivity contribution in [3.8, 4) is 23.0 Å². The quantitative estimate of drug-likeness (QED) is 0.278. The summed E-state index contributed by atoms with van der Waals surface area (Å²) in [7, 11) is 0. The van der Waals surface area contributed by atoms with E-state index in [0.717, 1.165) is 36.4 Å². The molecule has 7 nitrogen and oxygen atoms in total. The average molecular weight is 330 g/mol. The first-order valence-electron chi connectivity index (χ1n) is 5.69. The van der Waals surface area contributed by atoms with Gasteiger partial charge in [0, 0.05) is 0 Å². The molecule has 0 unspecified atom stereocenters. The number of benzene rings is 2. The number of phenols is 4. The number of esters is 2. The maximum absolute atomic E-state index is 11.7. The van der Waals surface area contributed by atoms with Crippen LogP contribution in [-0.4, -0.2) is 83.7 Å². The summed E-state index contributed by atoms with van der Waals surface area (Å²) in [6.07, 6.45) is 0. The molecule has 0 heterocycles. The first-order chi connectivity index (χ1) is 9.88. The molecule has 2 aromatic rings. The maximum atomic E-state index is 11.7. The topological polar surface area (TPSA) is 124 Å². The molecule has 0 spiro atoms. The first-order valence-corrected chi connectivity index (χ1v) is 5.69. The number of hydrogen-bond donors (Lipinski definition) is 4. The van der Waals surface area contributed by atoms with Crippen molar-refractivity contribution < 1.29 is 34.8 Å². The van der Waals surface area contributed by atoms with Gasteiger partial charge in [-0.1, -0.05) is 0 Å². The second-order valence-electron chi connectivity index (χ2n) is 4.08. The molecule has 22 heavy (non-hydrogen) atoms. The first kappa shape index (κ1) is 18.5. The normalized spacial score (nSPS) is 9.64. The van der Waals surface area contributed by atoms with Gasteiger partial charge in [-0.15, -0.1) is 0 Å². The van der Waals surface area contributed by atoms with Crippen LogP contribution in [0.15, 0.2) is 36.4 Å². The molecule has 2 rings (SSSR count). The van der Waals surface area contributed by atoms with Crippen molar-refractivity contribution in [3.63, 3.8) is 0 Å². The Labute approximate surface area is 167 Å². The van der Waals surface area contributed by atoms with E-state index in [4.69, 9.17) is 0 Å². The van der Waals surface area contributed by atoms with Gasteiger partial charge in [0.2, 0.25) is 0 Å². The van der Waals surface area contributed by atoms with Crippen molar-refractivity contribution in [2.75, 3.05) is 0 Å². The monoisotopic (exact) mass is 330 g/mol. The second kappa shape index (κ2) is 7.61. The fourth-order valence-corrected chi connectivity index (χ4v) is 1.57. The van der Waals surface area contributed by atoms with Gasteiger partial charge >= 0.3 is 63.3 Å². The van der Waals surface area contributed by atoms with Crippen LogP contribution in [0.1, 0.15) is 20.7 Å². The van der Waals surface area contributed by atoms with E-state index in [1.165, 1.54) is 0 Å². The summed E-state index contributed by atoms with van der Waals surface area (Å²) < 4.78 is 4.47. The Morgan fingerprint density at radius 1 is 0.727 bits per heavy atom. The van der Waals surface area contributed by atoms with E-state index >= 15 is 0 Å². The summed E-state index contributed by atoms with van der Waals surface area (Å²) in [5.74, 6) is -3.98. The van der Waals surface area contributed by atoms with Gasteiger partial charge in [-0.2, -0.15) is 0 Å². The van der Waals surface area contributed by atoms with Gasteiger partial charge in [-0.3, -0.25) is 0 Å². The SMILES string of the molecule is O=C(OC(=O)c1cc(O)ccc1O)c1cc(O)ccc1O.[KH]. The Hall–Kier alpha value is -1.58. The molecule has 0 aliphatic rings. The van der Waals surface area contributed by atoms with Crippen molar-refractivity contribution in [3.05, 3.63) is 47.5 Å². The Morgan fingerprint density at radius 2 is 1.09 bits per heavy atom. The van der Waals surface area contributed by atoms with Crippen molar-refractivity contribution in [1.29, 1.82) is 0 Å². The van der Waals surface area contributed by atoms with Gasteiger partial charge in [0.25, 0.3) is 0 Å². The molecule has 0 aliphatic heterocycles. The molecular formula is C14H11KO7. The molecule has 0 saturated heterocycles. The summed E-state index contributed by atoms with van der Waals surface area (Å²) >= 11 is 0. The zero-order valence-corrected chi connectivity index (χ0v) is 10.5. The van der Waals surface area contributed by atoms with Crippen LogP contribution in [0.4, 0.5) is 0 Å². The molecule has 0 radical (unpaired) electrons.